The molecular weight excluding hydrogens is 321 g/mol. The molecule has 5 heteroatoms. The SMILES string of the molecule is C[C@@H](OC(=O)c1cccnc1Oc1ccccc1)c1ccc(F)cc1. The van der Waals surface area contributed by atoms with Gasteiger partial charge in [0.05, 0.1) is 0 Å². The Morgan fingerprint density at radius 3 is 2.44 bits per heavy atom. The van der Waals surface area contributed by atoms with E-state index in [0.29, 0.717) is 11.3 Å². The van der Waals surface area contributed by atoms with Crippen LogP contribution in [0.5, 0.6) is 11.6 Å². The molecule has 0 fully saturated rings. The quantitative estimate of drug-likeness (QED) is 0.619. The van der Waals surface area contributed by atoms with Gasteiger partial charge in [0.15, 0.2) is 0 Å². The monoisotopic (exact) mass is 337 g/mol. The summed E-state index contributed by atoms with van der Waals surface area (Å²) in [6.07, 6.45) is 1.01. The molecule has 0 aliphatic carbocycles. The van der Waals surface area contributed by atoms with Gasteiger partial charge < -0.3 is 9.47 Å². The van der Waals surface area contributed by atoms with Crippen LogP contribution in [0.3, 0.4) is 0 Å². The van der Waals surface area contributed by atoms with E-state index in [9.17, 15) is 9.18 Å². The van der Waals surface area contributed by atoms with Crippen LogP contribution in [-0.4, -0.2) is 11.0 Å². The first-order valence-electron chi connectivity index (χ1n) is 7.78. The molecule has 126 valence electrons. The fourth-order valence-corrected chi connectivity index (χ4v) is 2.25. The number of pyridine rings is 1. The highest BCUT2D eigenvalue weighted by atomic mass is 19.1. The van der Waals surface area contributed by atoms with E-state index in [1.165, 1.54) is 12.1 Å². The first kappa shape index (κ1) is 16.6. The smallest absolute Gasteiger partial charge is 0.344 e. The topological polar surface area (TPSA) is 48.4 Å². The number of para-hydroxylation sites is 1. The zero-order valence-corrected chi connectivity index (χ0v) is 13.6. The number of carbonyl (C=O) groups excluding carboxylic acids is 1. The normalized spacial score (nSPS) is 11.6. The average molecular weight is 337 g/mol. The molecule has 1 atom stereocenters. The number of benzene rings is 2. The van der Waals surface area contributed by atoms with Crippen LogP contribution in [0, 0.1) is 5.82 Å². The van der Waals surface area contributed by atoms with Gasteiger partial charge in [0.2, 0.25) is 5.88 Å². The fourth-order valence-electron chi connectivity index (χ4n) is 2.25. The summed E-state index contributed by atoms with van der Waals surface area (Å²) >= 11 is 0. The second-order valence-electron chi connectivity index (χ2n) is 5.37. The van der Waals surface area contributed by atoms with Gasteiger partial charge in [0, 0.05) is 6.20 Å². The third-order valence-electron chi connectivity index (χ3n) is 3.57. The van der Waals surface area contributed by atoms with E-state index in [4.69, 9.17) is 9.47 Å². The van der Waals surface area contributed by atoms with E-state index >= 15 is 0 Å². The summed E-state index contributed by atoms with van der Waals surface area (Å²) in [4.78, 5) is 16.6. The number of ether oxygens (including phenoxy) is 2. The Hall–Kier alpha value is -3.21. The summed E-state index contributed by atoms with van der Waals surface area (Å²) in [6.45, 7) is 1.72. The van der Waals surface area contributed by atoms with Gasteiger partial charge in [-0.2, -0.15) is 0 Å². The van der Waals surface area contributed by atoms with Crippen molar-refractivity contribution in [1.82, 2.24) is 4.98 Å². The zero-order valence-electron chi connectivity index (χ0n) is 13.6. The summed E-state index contributed by atoms with van der Waals surface area (Å²) in [5.74, 6) is -0.157. The minimum absolute atomic E-state index is 0.171. The van der Waals surface area contributed by atoms with Crippen molar-refractivity contribution in [1.29, 1.82) is 0 Å². The molecule has 3 rings (SSSR count). The fraction of sp³-hybridized carbons (Fsp3) is 0.100. The molecule has 4 nitrogen and oxygen atoms in total. The molecule has 1 heterocycles. The first-order chi connectivity index (χ1) is 12.1. The lowest BCUT2D eigenvalue weighted by molar-refractivity contribution is 0.0334. The lowest BCUT2D eigenvalue weighted by atomic mass is 10.1. The molecule has 25 heavy (non-hydrogen) atoms. The maximum Gasteiger partial charge on any atom is 0.344 e. The number of nitrogens with zero attached hydrogens (tertiary/aromatic N) is 1. The first-order valence-corrected chi connectivity index (χ1v) is 7.78. The molecule has 2 aromatic carbocycles. The predicted octanol–water partition coefficient (Wildman–Crippen LogP) is 4.93. The van der Waals surface area contributed by atoms with Crippen molar-refractivity contribution in [3.05, 3.63) is 89.9 Å². The Kier molecular flexibility index (Phi) is 5.04. The molecule has 0 aliphatic heterocycles. The minimum atomic E-state index is -0.559. The molecule has 0 saturated heterocycles. The summed E-state index contributed by atoms with van der Waals surface area (Å²) < 4.78 is 24.1. The van der Waals surface area contributed by atoms with Crippen molar-refractivity contribution in [2.45, 2.75) is 13.0 Å². The van der Waals surface area contributed by atoms with E-state index in [1.54, 1.807) is 49.5 Å². The van der Waals surface area contributed by atoms with Crippen molar-refractivity contribution in [2.75, 3.05) is 0 Å². The molecule has 0 amide bonds. The number of hydrogen-bond donors (Lipinski definition) is 0. The van der Waals surface area contributed by atoms with Gasteiger partial charge in [-0.05, 0) is 48.9 Å². The maximum atomic E-state index is 13.0. The molecule has 0 bridgehead atoms. The lowest BCUT2D eigenvalue weighted by Gasteiger charge is -2.15. The number of hydrogen-bond acceptors (Lipinski definition) is 4. The Morgan fingerprint density at radius 2 is 1.72 bits per heavy atom. The molecular formula is C20H16FNO3. The van der Waals surface area contributed by atoms with Gasteiger partial charge >= 0.3 is 5.97 Å². The highest BCUT2D eigenvalue weighted by Crippen LogP contribution is 2.25. The summed E-state index contributed by atoms with van der Waals surface area (Å²) in [5, 5.41) is 0. The Bertz CT molecular complexity index is 850. The van der Waals surface area contributed by atoms with Gasteiger partial charge in [-0.25, -0.2) is 14.2 Å². The van der Waals surface area contributed by atoms with E-state index in [0.717, 1.165) is 0 Å². The standard InChI is InChI=1S/C20H16FNO3/c1-14(15-9-11-16(21)12-10-15)24-20(23)18-8-5-13-22-19(18)25-17-6-3-2-4-7-17/h2-14H,1H3/t14-/m1/s1. The maximum absolute atomic E-state index is 13.0. The predicted molar refractivity (Wildman–Crippen MR) is 91.0 cm³/mol. The molecule has 0 radical (unpaired) electrons. The second kappa shape index (κ2) is 7.57. The second-order valence-corrected chi connectivity index (χ2v) is 5.37. The molecule has 0 N–H and O–H groups in total. The molecule has 0 saturated carbocycles. The van der Waals surface area contributed by atoms with Crippen LogP contribution in [0.25, 0.3) is 0 Å². The van der Waals surface area contributed by atoms with Crippen LogP contribution in [0.4, 0.5) is 4.39 Å². The van der Waals surface area contributed by atoms with Crippen LogP contribution >= 0.6 is 0 Å². The molecule has 0 spiro atoms. The summed E-state index contributed by atoms with van der Waals surface area (Å²) in [7, 11) is 0. The Labute approximate surface area is 144 Å². The van der Waals surface area contributed by atoms with Crippen LogP contribution in [-0.2, 0) is 4.74 Å². The van der Waals surface area contributed by atoms with Gasteiger partial charge in [0.1, 0.15) is 23.2 Å². The molecule has 1 aromatic heterocycles. The number of carbonyl (C=O) groups is 1. The van der Waals surface area contributed by atoms with Gasteiger partial charge in [-0.15, -0.1) is 0 Å². The average Bonchev–Trinajstić information content (AvgIpc) is 2.63. The number of rotatable bonds is 5. The van der Waals surface area contributed by atoms with Crippen LogP contribution in [0.15, 0.2) is 72.9 Å². The molecule has 3 aromatic rings. The third-order valence-corrected chi connectivity index (χ3v) is 3.57. The Balaban J connectivity index is 1.77. The highest BCUT2D eigenvalue weighted by molar-refractivity contribution is 5.92. The van der Waals surface area contributed by atoms with E-state index in [2.05, 4.69) is 4.98 Å². The van der Waals surface area contributed by atoms with E-state index in [-0.39, 0.29) is 17.3 Å². The molecule has 0 unspecified atom stereocenters. The van der Waals surface area contributed by atoms with Crippen molar-refractivity contribution in [3.63, 3.8) is 0 Å². The van der Waals surface area contributed by atoms with Crippen molar-refractivity contribution < 1.29 is 18.7 Å². The van der Waals surface area contributed by atoms with Gasteiger partial charge in [0.25, 0.3) is 0 Å². The number of esters is 1. The van der Waals surface area contributed by atoms with Gasteiger partial charge in [-0.3, -0.25) is 0 Å². The van der Waals surface area contributed by atoms with Crippen molar-refractivity contribution in [2.24, 2.45) is 0 Å². The van der Waals surface area contributed by atoms with Crippen molar-refractivity contribution >= 4 is 5.97 Å². The molecule has 0 aliphatic rings. The van der Waals surface area contributed by atoms with E-state index in [1.807, 2.05) is 18.2 Å². The minimum Gasteiger partial charge on any atom is -0.454 e. The van der Waals surface area contributed by atoms with E-state index < -0.39 is 12.1 Å². The van der Waals surface area contributed by atoms with Crippen molar-refractivity contribution in [3.8, 4) is 11.6 Å². The van der Waals surface area contributed by atoms with Crippen LogP contribution < -0.4 is 4.74 Å². The highest BCUT2D eigenvalue weighted by Gasteiger charge is 2.19. The summed E-state index contributed by atoms with van der Waals surface area (Å²) in [6, 6.07) is 18.1. The lowest BCUT2D eigenvalue weighted by Crippen LogP contribution is -2.11. The largest absolute Gasteiger partial charge is 0.454 e. The Morgan fingerprint density at radius 1 is 1.00 bits per heavy atom. The number of aromatic nitrogens is 1. The number of halogens is 1. The third kappa shape index (κ3) is 4.20. The zero-order chi connectivity index (χ0) is 17.6. The van der Waals surface area contributed by atoms with Crippen LogP contribution in [0.2, 0.25) is 0 Å². The van der Waals surface area contributed by atoms with Crippen LogP contribution in [0.1, 0.15) is 28.9 Å². The summed E-state index contributed by atoms with van der Waals surface area (Å²) in [5.41, 5.74) is 0.921. The van der Waals surface area contributed by atoms with Gasteiger partial charge in [-0.1, -0.05) is 30.3 Å².